The third-order valence-corrected chi connectivity index (χ3v) is 5.02. The molecule has 1 aromatic rings. The van der Waals surface area contributed by atoms with Crippen LogP contribution in [0.15, 0.2) is 24.3 Å². The normalized spacial score (nSPS) is 25.4. The number of hydrogen-bond acceptors (Lipinski definition) is 5. The highest BCUT2D eigenvalue weighted by atomic mass is 16.5. The number of morpholine rings is 1. The Morgan fingerprint density at radius 1 is 1.36 bits per heavy atom. The Morgan fingerprint density at radius 3 is 2.84 bits per heavy atom. The van der Waals surface area contributed by atoms with Crippen molar-refractivity contribution < 1.29 is 14.3 Å². The molecule has 0 aliphatic carbocycles. The number of ether oxygens (including phenoxy) is 2. The number of rotatable bonds is 4. The first-order valence-electron chi connectivity index (χ1n) is 8.86. The zero-order valence-electron chi connectivity index (χ0n) is 14.9. The smallest absolute Gasteiger partial charge is 0.263 e. The molecule has 2 aliphatic rings. The summed E-state index contributed by atoms with van der Waals surface area (Å²) < 4.78 is 11.2. The van der Waals surface area contributed by atoms with Crippen molar-refractivity contribution in [2.45, 2.75) is 26.0 Å². The fourth-order valence-corrected chi connectivity index (χ4v) is 3.66. The van der Waals surface area contributed by atoms with Gasteiger partial charge in [0, 0.05) is 32.2 Å². The maximum atomic E-state index is 12.8. The van der Waals surface area contributed by atoms with E-state index in [1.165, 1.54) is 0 Å². The van der Waals surface area contributed by atoms with E-state index in [-0.39, 0.29) is 5.91 Å². The predicted molar refractivity (Wildman–Crippen MR) is 93.2 cm³/mol. The molecule has 0 radical (unpaired) electrons. The van der Waals surface area contributed by atoms with Gasteiger partial charge in [-0.05, 0) is 31.0 Å². The lowest BCUT2D eigenvalue weighted by Crippen LogP contribution is -2.47. The maximum absolute atomic E-state index is 12.8. The first-order chi connectivity index (χ1) is 12.1. The number of nitriles is 1. The molecular formula is C19H25N3O3. The lowest BCUT2D eigenvalue weighted by atomic mass is 10.0. The molecule has 0 saturated carbocycles. The summed E-state index contributed by atoms with van der Waals surface area (Å²) in [5.41, 5.74) is 0.527. The van der Waals surface area contributed by atoms with Crippen LogP contribution in [0.5, 0.6) is 5.75 Å². The van der Waals surface area contributed by atoms with Crippen LogP contribution < -0.4 is 4.74 Å². The van der Waals surface area contributed by atoms with Crippen molar-refractivity contribution in [2.75, 3.05) is 39.4 Å². The van der Waals surface area contributed by atoms with Gasteiger partial charge in [0.1, 0.15) is 5.75 Å². The molecule has 0 bridgehead atoms. The van der Waals surface area contributed by atoms with Crippen LogP contribution >= 0.6 is 0 Å². The zero-order chi connectivity index (χ0) is 17.8. The van der Waals surface area contributed by atoms with Crippen molar-refractivity contribution in [1.82, 2.24) is 9.80 Å². The minimum atomic E-state index is -0.565. The van der Waals surface area contributed by atoms with Crippen LogP contribution in [0, 0.1) is 17.2 Å². The number of likely N-dealkylation sites (tertiary alicyclic amines) is 1. The van der Waals surface area contributed by atoms with Crippen LogP contribution in [-0.2, 0) is 9.53 Å². The summed E-state index contributed by atoms with van der Waals surface area (Å²) in [6.07, 6.45) is -0.565. The summed E-state index contributed by atoms with van der Waals surface area (Å²) in [5.74, 6) is 0.998. The van der Waals surface area contributed by atoms with E-state index in [4.69, 9.17) is 14.7 Å². The molecule has 134 valence electrons. The Morgan fingerprint density at radius 2 is 2.12 bits per heavy atom. The van der Waals surface area contributed by atoms with Gasteiger partial charge >= 0.3 is 0 Å². The molecule has 2 aliphatic heterocycles. The predicted octanol–water partition coefficient (Wildman–Crippen LogP) is 1.50. The van der Waals surface area contributed by atoms with Crippen molar-refractivity contribution in [3.63, 3.8) is 0 Å². The van der Waals surface area contributed by atoms with Crippen molar-refractivity contribution >= 4 is 5.91 Å². The Labute approximate surface area is 148 Å². The van der Waals surface area contributed by atoms with Crippen molar-refractivity contribution in [3.8, 4) is 11.8 Å². The molecule has 1 amide bonds. The van der Waals surface area contributed by atoms with Gasteiger partial charge in [-0.2, -0.15) is 5.26 Å². The average Bonchev–Trinajstić information content (AvgIpc) is 3.03. The third kappa shape index (κ3) is 4.12. The summed E-state index contributed by atoms with van der Waals surface area (Å²) in [4.78, 5) is 17.1. The maximum Gasteiger partial charge on any atom is 0.263 e. The summed E-state index contributed by atoms with van der Waals surface area (Å²) in [5, 5.41) is 8.97. The Hall–Kier alpha value is -2.10. The molecule has 0 N–H and O–H groups in total. The quantitative estimate of drug-likeness (QED) is 0.829. The average molecular weight is 343 g/mol. The number of carbonyl (C=O) groups is 1. The standard InChI is InChI=1S/C19H25N3O3/c1-14-12-22(13-18(14)21-6-8-24-9-7-21)19(23)15(2)25-17-5-3-4-16(10-17)11-20/h3-5,10,14-15,18H,6-9,12-13H2,1-2H3/t14-,15+,18+/m1/s1. The number of amides is 1. The van der Waals surface area contributed by atoms with E-state index in [0.717, 1.165) is 39.4 Å². The second-order valence-electron chi connectivity index (χ2n) is 6.84. The molecule has 25 heavy (non-hydrogen) atoms. The van der Waals surface area contributed by atoms with E-state index < -0.39 is 6.10 Å². The molecule has 0 aromatic heterocycles. The van der Waals surface area contributed by atoms with Crippen LogP contribution in [-0.4, -0.2) is 67.2 Å². The van der Waals surface area contributed by atoms with Crippen molar-refractivity contribution in [2.24, 2.45) is 5.92 Å². The molecule has 2 fully saturated rings. The second kappa shape index (κ2) is 7.85. The third-order valence-electron chi connectivity index (χ3n) is 5.02. The second-order valence-corrected chi connectivity index (χ2v) is 6.84. The topological polar surface area (TPSA) is 65.8 Å². The molecular weight excluding hydrogens is 318 g/mol. The van der Waals surface area contributed by atoms with E-state index in [0.29, 0.717) is 23.3 Å². The SMILES string of the molecule is C[C@H](Oc1cccc(C#N)c1)C(=O)N1C[C@@H](C)[C@@H](N2CCOCC2)C1. The number of nitrogens with zero attached hydrogens (tertiary/aromatic N) is 3. The molecule has 6 nitrogen and oxygen atoms in total. The van der Waals surface area contributed by atoms with Gasteiger partial charge in [-0.1, -0.05) is 13.0 Å². The molecule has 0 spiro atoms. The number of carbonyl (C=O) groups excluding carboxylic acids is 1. The highest BCUT2D eigenvalue weighted by molar-refractivity contribution is 5.81. The lowest BCUT2D eigenvalue weighted by molar-refractivity contribution is -0.137. The molecule has 3 rings (SSSR count). The van der Waals surface area contributed by atoms with E-state index in [1.807, 2.05) is 4.90 Å². The molecule has 3 atom stereocenters. The Balaban J connectivity index is 1.59. The van der Waals surface area contributed by atoms with Gasteiger partial charge in [0.05, 0.1) is 24.8 Å². The van der Waals surface area contributed by atoms with E-state index >= 15 is 0 Å². The fourth-order valence-electron chi connectivity index (χ4n) is 3.66. The van der Waals surface area contributed by atoms with Crippen LogP contribution in [0.3, 0.4) is 0 Å². The summed E-state index contributed by atoms with van der Waals surface area (Å²) in [7, 11) is 0. The highest BCUT2D eigenvalue weighted by Crippen LogP contribution is 2.24. The van der Waals surface area contributed by atoms with Gasteiger partial charge in [-0.15, -0.1) is 0 Å². The minimum absolute atomic E-state index is 0.00460. The lowest BCUT2D eigenvalue weighted by Gasteiger charge is -2.34. The molecule has 1 aromatic carbocycles. The molecule has 0 unspecified atom stereocenters. The molecule has 2 heterocycles. The van der Waals surface area contributed by atoms with Gasteiger partial charge in [-0.3, -0.25) is 9.69 Å². The number of benzene rings is 1. The van der Waals surface area contributed by atoms with E-state index in [1.54, 1.807) is 31.2 Å². The van der Waals surface area contributed by atoms with Gasteiger partial charge in [0.15, 0.2) is 6.10 Å². The van der Waals surface area contributed by atoms with Gasteiger partial charge in [0.25, 0.3) is 5.91 Å². The van der Waals surface area contributed by atoms with E-state index in [9.17, 15) is 4.79 Å². The molecule has 2 saturated heterocycles. The largest absolute Gasteiger partial charge is 0.481 e. The first kappa shape index (κ1) is 17.7. The van der Waals surface area contributed by atoms with E-state index in [2.05, 4.69) is 17.9 Å². The van der Waals surface area contributed by atoms with Crippen LogP contribution in [0.2, 0.25) is 0 Å². The van der Waals surface area contributed by atoms with Crippen LogP contribution in [0.25, 0.3) is 0 Å². The van der Waals surface area contributed by atoms with Crippen LogP contribution in [0.4, 0.5) is 0 Å². The van der Waals surface area contributed by atoms with Crippen molar-refractivity contribution in [3.05, 3.63) is 29.8 Å². The zero-order valence-corrected chi connectivity index (χ0v) is 14.9. The van der Waals surface area contributed by atoms with Gasteiger partial charge < -0.3 is 14.4 Å². The van der Waals surface area contributed by atoms with Crippen LogP contribution in [0.1, 0.15) is 19.4 Å². The van der Waals surface area contributed by atoms with Gasteiger partial charge in [-0.25, -0.2) is 0 Å². The summed E-state index contributed by atoms with van der Waals surface area (Å²) in [6, 6.07) is 9.38. The monoisotopic (exact) mass is 343 g/mol. The summed E-state index contributed by atoms with van der Waals surface area (Å²) >= 11 is 0. The fraction of sp³-hybridized carbons (Fsp3) is 0.579. The Bertz CT molecular complexity index is 652. The van der Waals surface area contributed by atoms with Gasteiger partial charge in [0.2, 0.25) is 0 Å². The molecule has 6 heteroatoms. The van der Waals surface area contributed by atoms with Crippen molar-refractivity contribution in [1.29, 1.82) is 5.26 Å². The highest BCUT2D eigenvalue weighted by Gasteiger charge is 2.38. The summed E-state index contributed by atoms with van der Waals surface area (Å²) in [6.45, 7) is 8.88. The number of hydrogen-bond donors (Lipinski definition) is 0. The minimum Gasteiger partial charge on any atom is -0.481 e. The first-order valence-corrected chi connectivity index (χ1v) is 8.86. The Kier molecular flexibility index (Phi) is 5.57.